The molecule has 19 heavy (non-hydrogen) atoms. The summed E-state index contributed by atoms with van der Waals surface area (Å²) in [6, 6.07) is 13.8. The number of benzene rings is 2. The number of rotatable bonds is 3. The Morgan fingerprint density at radius 2 is 1.74 bits per heavy atom. The molecule has 0 aliphatic carbocycles. The summed E-state index contributed by atoms with van der Waals surface area (Å²) in [5.74, 6) is -0.306. The van der Waals surface area contributed by atoms with Crippen LogP contribution in [0.2, 0.25) is 10.0 Å². The van der Waals surface area contributed by atoms with Crippen molar-refractivity contribution in [3.05, 3.63) is 69.7 Å². The van der Waals surface area contributed by atoms with Crippen LogP contribution in [0.3, 0.4) is 0 Å². The minimum Gasteiger partial charge on any atom is -0.267 e. The molecule has 0 aromatic heterocycles. The number of carbonyl (C=O) groups is 1. The van der Waals surface area contributed by atoms with E-state index in [1.807, 2.05) is 12.1 Å². The molecule has 1 amide bonds. The largest absolute Gasteiger partial charge is 0.271 e. The van der Waals surface area contributed by atoms with Crippen LogP contribution in [0, 0.1) is 0 Å². The molecule has 2 rings (SSSR count). The molecular weight excluding hydrogens is 283 g/mol. The van der Waals surface area contributed by atoms with Crippen LogP contribution in [-0.4, -0.2) is 12.1 Å². The maximum absolute atomic E-state index is 11.7. The maximum Gasteiger partial charge on any atom is 0.271 e. The second kappa shape index (κ2) is 6.36. The molecule has 2 aromatic carbocycles. The second-order valence-electron chi connectivity index (χ2n) is 3.73. The summed E-state index contributed by atoms with van der Waals surface area (Å²) in [4.78, 5) is 11.7. The van der Waals surface area contributed by atoms with Crippen LogP contribution in [0.5, 0.6) is 0 Å². The standard InChI is InChI=1S/C14H10Cl2N2O/c15-12-7-5-10(6-8-12)14(19)18-17-9-11-3-1-2-4-13(11)16/h1-9H,(H,18,19). The van der Waals surface area contributed by atoms with E-state index >= 15 is 0 Å². The Balaban J connectivity index is 2.01. The van der Waals surface area contributed by atoms with Crippen molar-refractivity contribution >= 4 is 35.3 Å². The molecule has 96 valence electrons. The Labute approximate surface area is 120 Å². The Morgan fingerprint density at radius 3 is 2.42 bits per heavy atom. The molecule has 1 N–H and O–H groups in total. The fourth-order valence-electron chi connectivity index (χ4n) is 1.41. The van der Waals surface area contributed by atoms with E-state index in [0.29, 0.717) is 15.6 Å². The predicted molar refractivity (Wildman–Crippen MR) is 78.0 cm³/mol. The summed E-state index contributed by atoms with van der Waals surface area (Å²) in [6.45, 7) is 0. The van der Waals surface area contributed by atoms with Crippen molar-refractivity contribution in [3.63, 3.8) is 0 Å². The first kappa shape index (κ1) is 13.6. The molecule has 0 aliphatic heterocycles. The average molecular weight is 293 g/mol. The van der Waals surface area contributed by atoms with E-state index in [9.17, 15) is 4.79 Å². The molecule has 0 saturated heterocycles. The fraction of sp³-hybridized carbons (Fsp3) is 0. The summed E-state index contributed by atoms with van der Waals surface area (Å²) in [5, 5.41) is 5.01. The zero-order valence-electron chi connectivity index (χ0n) is 9.81. The van der Waals surface area contributed by atoms with Crippen LogP contribution in [0.25, 0.3) is 0 Å². The highest BCUT2D eigenvalue weighted by Crippen LogP contribution is 2.12. The van der Waals surface area contributed by atoms with Gasteiger partial charge in [-0.25, -0.2) is 5.43 Å². The van der Waals surface area contributed by atoms with Gasteiger partial charge in [0.15, 0.2) is 0 Å². The van der Waals surface area contributed by atoms with Crippen molar-refractivity contribution in [2.24, 2.45) is 5.10 Å². The molecule has 0 saturated carbocycles. The van der Waals surface area contributed by atoms with Crippen molar-refractivity contribution in [2.75, 3.05) is 0 Å². The molecule has 2 aromatic rings. The molecule has 0 atom stereocenters. The highest BCUT2D eigenvalue weighted by atomic mass is 35.5. The van der Waals surface area contributed by atoms with E-state index in [-0.39, 0.29) is 5.91 Å². The normalized spacial score (nSPS) is 10.6. The number of hydrogen-bond acceptors (Lipinski definition) is 2. The van der Waals surface area contributed by atoms with Crippen LogP contribution in [0.15, 0.2) is 53.6 Å². The number of halogens is 2. The summed E-state index contributed by atoms with van der Waals surface area (Å²) >= 11 is 11.7. The fourth-order valence-corrected chi connectivity index (χ4v) is 1.72. The monoisotopic (exact) mass is 292 g/mol. The zero-order valence-corrected chi connectivity index (χ0v) is 11.3. The first-order valence-corrected chi connectivity index (χ1v) is 6.26. The molecular formula is C14H10Cl2N2O. The minimum absolute atomic E-state index is 0.306. The van der Waals surface area contributed by atoms with Gasteiger partial charge in [-0.1, -0.05) is 41.4 Å². The van der Waals surface area contributed by atoms with E-state index in [4.69, 9.17) is 23.2 Å². The summed E-state index contributed by atoms with van der Waals surface area (Å²) in [5.41, 5.74) is 3.65. The highest BCUT2D eigenvalue weighted by molar-refractivity contribution is 6.33. The zero-order chi connectivity index (χ0) is 13.7. The SMILES string of the molecule is O=C(NN=Cc1ccccc1Cl)c1ccc(Cl)cc1. The van der Waals surface area contributed by atoms with Gasteiger partial charge in [0, 0.05) is 21.2 Å². The number of hydrazone groups is 1. The Kier molecular flexibility index (Phi) is 4.55. The van der Waals surface area contributed by atoms with E-state index < -0.39 is 0 Å². The molecule has 0 unspecified atom stereocenters. The van der Waals surface area contributed by atoms with Gasteiger partial charge in [0.2, 0.25) is 0 Å². The van der Waals surface area contributed by atoms with Gasteiger partial charge in [-0.05, 0) is 30.3 Å². The lowest BCUT2D eigenvalue weighted by Crippen LogP contribution is -2.17. The van der Waals surface area contributed by atoms with Crippen LogP contribution >= 0.6 is 23.2 Å². The van der Waals surface area contributed by atoms with Crippen molar-refractivity contribution in [1.29, 1.82) is 0 Å². The number of nitrogens with one attached hydrogen (secondary N) is 1. The summed E-state index contributed by atoms with van der Waals surface area (Å²) in [7, 11) is 0. The quantitative estimate of drug-likeness (QED) is 0.679. The van der Waals surface area contributed by atoms with Gasteiger partial charge in [0.25, 0.3) is 5.91 Å². The van der Waals surface area contributed by atoms with Gasteiger partial charge >= 0.3 is 0 Å². The molecule has 5 heteroatoms. The van der Waals surface area contributed by atoms with E-state index in [2.05, 4.69) is 10.5 Å². The minimum atomic E-state index is -0.306. The smallest absolute Gasteiger partial charge is 0.267 e. The number of carbonyl (C=O) groups excluding carboxylic acids is 1. The van der Waals surface area contributed by atoms with E-state index in [1.54, 1.807) is 36.4 Å². The molecule has 0 spiro atoms. The van der Waals surface area contributed by atoms with Crippen molar-refractivity contribution in [3.8, 4) is 0 Å². The lowest BCUT2D eigenvalue weighted by atomic mass is 10.2. The first-order chi connectivity index (χ1) is 9.16. The Morgan fingerprint density at radius 1 is 1.05 bits per heavy atom. The van der Waals surface area contributed by atoms with Gasteiger partial charge in [-0.3, -0.25) is 4.79 Å². The molecule has 0 aliphatic rings. The number of nitrogens with zero attached hydrogens (tertiary/aromatic N) is 1. The van der Waals surface area contributed by atoms with Crippen molar-refractivity contribution in [1.82, 2.24) is 5.43 Å². The van der Waals surface area contributed by atoms with Crippen LogP contribution in [-0.2, 0) is 0 Å². The van der Waals surface area contributed by atoms with E-state index in [1.165, 1.54) is 6.21 Å². The average Bonchev–Trinajstić information content (AvgIpc) is 2.41. The topological polar surface area (TPSA) is 41.5 Å². The maximum atomic E-state index is 11.7. The molecule has 0 heterocycles. The van der Waals surface area contributed by atoms with Gasteiger partial charge in [-0.15, -0.1) is 0 Å². The summed E-state index contributed by atoms with van der Waals surface area (Å²) in [6.07, 6.45) is 1.50. The third kappa shape index (κ3) is 3.81. The van der Waals surface area contributed by atoms with Crippen molar-refractivity contribution < 1.29 is 4.79 Å². The highest BCUT2D eigenvalue weighted by Gasteiger charge is 2.03. The van der Waals surface area contributed by atoms with Gasteiger partial charge in [0.05, 0.1) is 6.21 Å². The number of hydrogen-bond donors (Lipinski definition) is 1. The van der Waals surface area contributed by atoms with Gasteiger partial charge < -0.3 is 0 Å². The molecule has 0 radical (unpaired) electrons. The molecule has 3 nitrogen and oxygen atoms in total. The molecule has 0 bridgehead atoms. The van der Waals surface area contributed by atoms with Crippen LogP contribution in [0.4, 0.5) is 0 Å². The van der Waals surface area contributed by atoms with Crippen LogP contribution in [0.1, 0.15) is 15.9 Å². The summed E-state index contributed by atoms with van der Waals surface area (Å²) < 4.78 is 0. The third-order valence-electron chi connectivity index (χ3n) is 2.38. The predicted octanol–water partition coefficient (Wildman–Crippen LogP) is 3.76. The van der Waals surface area contributed by atoms with Crippen LogP contribution < -0.4 is 5.43 Å². The van der Waals surface area contributed by atoms with Gasteiger partial charge in [-0.2, -0.15) is 5.10 Å². The number of amides is 1. The first-order valence-electron chi connectivity index (χ1n) is 5.50. The molecule has 0 fully saturated rings. The second-order valence-corrected chi connectivity index (χ2v) is 4.57. The lowest BCUT2D eigenvalue weighted by Gasteiger charge is -2.00. The Bertz CT molecular complexity index is 609. The van der Waals surface area contributed by atoms with E-state index in [0.717, 1.165) is 5.56 Å². The van der Waals surface area contributed by atoms with Gasteiger partial charge in [0.1, 0.15) is 0 Å². The van der Waals surface area contributed by atoms with Crippen molar-refractivity contribution in [2.45, 2.75) is 0 Å². The Hall–Kier alpha value is -1.84. The third-order valence-corrected chi connectivity index (χ3v) is 2.98. The lowest BCUT2D eigenvalue weighted by molar-refractivity contribution is 0.0955.